The second-order valence-corrected chi connectivity index (χ2v) is 7.44. The Kier molecular flexibility index (Phi) is 4.05. The number of carbonyl (C=O) groups excluding carboxylic acids is 1. The largest absolute Gasteiger partial charge is 0.346 e. The highest BCUT2D eigenvalue weighted by Crippen LogP contribution is 2.41. The van der Waals surface area contributed by atoms with E-state index in [1.165, 1.54) is 12.0 Å². The van der Waals surface area contributed by atoms with Crippen LogP contribution in [0.2, 0.25) is 0 Å². The van der Waals surface area contributed by atoms with E-state index in [1.54, 1.807) is 0 Å². The maximum atomic E-state index is 12.4. The van der Waals surface area contributed by atoms with Crippen molar-refractivity contribution in [2.75, 3.05) is 0 Å². The van der Waals surface area contributed by atoms with E-state index in [1.807, 2.05) is 18.2 Å². The fraction of sp³-hybridized carbons (Fsp3) is 0.562. The lowest BCUT2D eigenvalue weighted by atomic mass is 9.71. The molecule has 0 bridgehead atoms. The summed E-state index contributed by atoms with van der Waals surface area (Å²) in [5, 5.41) is 3.27. The van der Waals surface area contributed by atoms with Crippen LogP contribution in [0.15, 0.2) is 30.3 Å². The van der Waals surface area contributed by atoms with Crippen LogP contribution >= 0.6 is 15.9 Å². The number of hydrogen-bond donors (Lipinski definition) is 1. The molecule has 19 heavy (non-hydrogen) atoms. The molecule has 0 saturated heterocycles. The Bertz CT molecular complexity index is 446. The SMILES string of the molecule is CC(C)(C)C(Br)C(=O)NC1(c2ccccc2)CCC1. The zero-order valence-corrected chi connectivity index (χ0v) is 13.5. The molecule has 1 saturated carbocycles. The molecule has 1 fully saturated rings. The molecule has 0 aromatic heterocycles. The van der Waals surface area contributed by atoms with Gasteiger partial charge in [-0.3, -0.25) is 4.79 Å². The molecule has 2 rings (SSSR count). The van der Waals surface area contributed by atoms with E-state index in [-0.39, 0.29) is 21.7 Å². The number of alkyl halides is 1. The second-order valence-electron chi connectivity index (χ2n) is 6.52. The first-order chi connectivity index (χ1) is 8.85. The molecule has 1 aliphatic carbocycles. The highest BCUT2D eigenvalue weighted by molar-refractivity contribution is 9.10. The van der Waals surface area contributed by atoms with Gasteiger partial charge in [0.15, 0.2) is 0 Å². The third-order valence-corrected chi connectivity index (χ3v) is 5.68. The molecule has 1 atom stereocenters. The lowest BCUT2D eigenvalue weighted by molar-refractivity contribution is -0.125. The van der Waals surface area contributed by atoms with Crippen molar-refractivity contribution in [3.8, 4) is 0 Å². The highest BCUT2D eigenvalue weighted by atomic mass is 79.9. The van der Waals surface area contributed by atoms with Gasteiger partial charge in [0.1, 0.15) is 0 Å². The molecule has 1 N–H and O–H groups in total. The van der Waals surface area contributed by atoms with Crippen LogP contribution in [0.4, 0.5) is 0 Å². The Balaban J connectivity index is 2.14. The van der Waals surface area contributed by atoms with Gasteiger partial charge >= 0.3 is 0 Å². The normalized spacial score (nSPS) is 19.4. The Morgan fingerprint density at radius 2 is 1.84 bits per heavy atom. The molecule has 0 radical (unpaired) electrons. The molecule has 0 spiro atoms. The Hall–Kier alpha value is -0.830. The summed E-state index contributed by atoms with van der Waals surface area (Å²) in [5.41, 5.74) is 1.00. The van der Waals surface area contributed by atoms with Crippen molar-refractivity contribution in [3.05, 3.63) is 35.9 Å². The predicted octanol–water partition coefficient (Wildman–Crippen LogP) is 3.99. The maximum absolute atomic E-state index is 12.4. The van der Waals surface area contributed by atoms with Crippen LogP contribution in [0.25, 0.3) is 0 Å². The van der Waals surface area contributed by atoms with Gasteiger partial charge in [-0.15, -0.1) is 0 Å². The molecule has 1 aliphatic rings. The van der Waals surface area contributed by atoms with Crippen molar-refractivity contribution < 1.29 is 4.79 Å². The number of hydrogen-bond acceptors (Lipinski definition) is 1. The van der Waals surface area contributed by atoms with Crippen LogP contribution < -0.4 is 5.32 Å². The van der Waals surface area contributed by atoms with E-state index < -0.39 is 0 Å². The lowest BCUT2D eigenvalue weighted by Crippen LogP contribution is -2.54. The van der Waals surface area contributed by atoms with E-state index in [0.717, 1.165) is 12.8 Å². The van der Waals surface area contributed by atoms with Gasteiger partial charge in [0, 0.05) is 0 Å². The lowest BCUT2D eigenvalue weighted by Gasteiger charge is -2.44. The van der Waals surface area contributed by atoms with Crippen molar-refractivity contribution in [1.29, 1.82) is 0 Å². The fourth-order valence-corrected chi connectivity index (χ4v) is 2.58. The molecule has 0 aliphatic heterocycles. The van der Waals surface area contributed by atoms with Crippen molar-refractivity contribution >= 4 is 21.8 Å². The average molecular weight is 324 g/mol. The molecule has 2 nitrogen and oxygen atoms in total. The van der Waals surface area contributed by atoms with Gasteiger partial charge in [0.2, 0.25) is 5.91 Å². The van der Waals surface area contributed by atoms with Crippen LogP contribution in [-0.4, -0.2) is 10.7 Å². The molecule has 1 aromatic carbocycles. The first-order valence-electron chi connectivity index (χ1n) is 6.87. The van der Waals surface area contributed by atoms with E-state index >= 15 is 0 Å². The maximum Gasteiger partial charge on any atom is 0.235 e. The quantitative estimate of drug-likeness (QED) is 0.837. The Morgan fingerprint density at radius 3 is 2.26 bits per heavy atom. The van der Waals surface area contributed by atoms with Crippen LogP contribution in [0.3, 0.4) is 0 Å². The number of amides is 1. The summed E-state index contributed by atoms with van der Waals surface area (Å²) >= 11 is 3.53. The standard InChI is InChI=1S/C16H22BrNO/c1-15(2,3)13(17)14(19)18-16(10-7-11-16)12-8-5-4-6-9-12/h4-6,8-9,13H,7,10-11H2,1-3H3,(H,18,19). The topological polar surface area (TPSA) is 29.1 Å². The number of halogens is 1. The summed E-state index contributed by atoms with van der Waals surface area (Å²) in [6.45, 7) is 6.21. The minimum atomic E-state index is -0.166. The van der Waals surface area contributed by atoms with E-state index in [9.17, 15) is 4.79 Å². The summed E-state index contributed by atoms with van der Waals surface area (Å²) in [5.74, 6) is 0.0936. The molecule has 0 heterocycles. The average Bonchev–Trinajstić information content (AvgIpc) is 2.32. The molecule has 1 amide bonds. The minimum absolute atomic E-state index is 0.0777. The van der Waals surface area contributed by atoms with Gasteiger partial charge in [-0.1, -0.05) is 67.0 Å². The monoisotopic (exact) mass is 323 g/mol. The van der Waals surface area contributed by atoms with Crippen LogP contribution in [0.5, 0.6) is 0 Å². The van der Waals surface area contributed by atoms with Crippen LogP contribution in [0.1, 0.15) is 45.6 Å². The summed E-state index contributed by atoms with van der Waals surface area (Å²) in [6.07, 6.45) is 3.25. The number of rotatable bonds is 3. The molecule has 1 unspecified atom stereocenters. The highest BCUT2D eigenvalue weighted by Gasteiger charge is 2.42. The van der Waals surface area contributed by atoms with Gasteiger partial charge in [-0.05, 0) is 30.2 Å². The molecular formula is C16H22BrNO. The van der Waals surface area contributed by atoms with Gasteiger partial charge in [0.05, 0.1) is 10.4 Å². The third-order valence-electron chi connectivity index (χ3n) is 3.89. The first-order valence-corrected chi connectivity index (χ1v) is 7.78. The molecule has 3 heteroatoms. The van der Waals surface area contributed by atoms with Crippen molar-refractivity contribution in [2.24, 2.45) is 5.41 Å². The zero-order chi connectivity index (χ0) is 14.1. The summed E-state index contributed by atoms with van der Waals surface area (Å²) in [6, 6.07) is 10.3. The van der Waals surface area contributed by atoms with E-state index in [0.29, 0.717) is 0 Å². The third kappa shape index (κ3) is 3.02. The molecule has 1 aromatic rings. The van der Waals surface area contributed by atoms with Crippen LogP contribution in [-0.2, 0) is 10.3 Å². The van der Waals surface area contributed by atoms with Crippen molar-refractivity contribution in [1.82, 2.24) is 5.32 Å². The van der Waals surface area contributed by atoms with Crippen LogP contribution in [0, 0.1) is 5.41 Å². The predicted molar refractivity (Wildman–Crippen MR) is 82.3 cm³/mol. The fourth-order valence-electron chi connectivity index (χ4n) is 2.47. The zero-order valence-electron chi connectivity index (χ0n) is 11.9. The van der Waals surface area contributed by atoms with Crippen molar-refractivity contribution in [3.63, 3.8) is 0 Å². The summed E-state index contributed by atoms with van der Waals surface area (Å²) < 4.78 is 0. The van der Waals surface area contributed by atoms with Gasteiger partial charge < -0.3 is 5.32 Å². The van der Waals surface area contributed by atoms with Crippen molar-refractivity contribution in [2.45, 2.75) is 50.4 Å². The summed E-state index contributed by atoms with van der Waals surface area (Å²) in [7, 11) is 0. The Labute approximate surface area is 124 Å². The van der Waals surface area contributed by atoms with E-state index in [4.69, 9.17) is 0 Å². The smallest absolute Gasteiger partial charge is 0.235 e. The molecule has 104 valence electrons. The van der Waals surface area contributed by atoms with E-state index in [2.05, 4.69) is 54.2 Å². The first kappa shape index (κ1) is 14.6. The second kappa shape index (κ2) is 5.28. The van der Waals surface area contributed by atoms with Gasteiger partial charge in [-0.25, -0.2) is 0 Å². The number of carbonyl (C=O) groups is 1. The summed E-state index contributed by atoms with van der Waals surface area (Å²) in [4.78, 5) is 12.2. The minimum Gasteiger partial charge on any atom is -0.346 e. The number of nitrogens with one attached hydrogen (secondary N) is 1. The van der Waals surface area contributed by atoms with Gasteiger partial charge in [0.25, 0.3) is 0 Å². The Morgan fingerprint density at radius 1 is 1.26 bits per heavy atom. The van der Waals surface area contributed by atoms with Gasteiger partial charge in [-0.2, -0.15) is 0 Å². The number of benzene rings is 1. The molecular weight excluding hydrogens is 302 g/mol.